The number of benzene rings is 2. The molecule has 0 bridgehead atoms. The van der Waals surface area contributed by atoms with Crippen molar-refractivity contribution in [1.29, 1.82) is 0 Å². The number of esters is 1. The Morgan fingerprint density at radius 3 is 2.52 bits per heavy atom. The first-order chi connectivity index (χ1) is 21.2. The predicted octanol–water partition coefficient (Wildman–Crippen LogP) is 5.53. The summed E-state index contributed by atoms with van der Waals surface area (Å²) in [4.78, 5) is 42.9. The van der Waals surface area contributed by atoms with Crippen LogP contribution in [0.25, 0.3) is 17.4 Å². The highest BCUT2D eigenvalue weighted by Crippen LogP contribution is 2.37. The number of nitro groups is 1. The molecule has 0 saturated carbocycles. The van der Waals surface area contributed by atoms with E-state index in [1.807, 2.05) is 13.8 Å². The van der Waals surface area contributed by atoms with Gasteiger partial charge in [-0.25, -0.2) is 9.79 Å². The number of hydrogen-bond acceptors (Lipinski definition) is 10. The van der Waals surface area contributed by atoms with Crippen LogP contribution in [0.4, 0.5) is 5.69 Å². The maximum absolute atomic E-state index is 14.0. The van der Waals surface area contributed by atoms with Gasteiger partial charge in [0.05, 0.1) is 46.6 Å². The second-order valence-corrected chi connectivity index (χ2v) is 11.4. The maximum atomic E-state index is 14.0. The Morgan fingerprint density at radius 2 is 1.84 bits per heavy atom. The smallest absolute Gasteiger partial charge is 0.338 e. The summed E-state index contributed by atoms with van der Waals surface area (Å²) in [6, 6.07) is 12.3. The van der Waals surface area contributed by atoms with Crippen LogP contribution < -0.4 is 24.4 Å². The van der Waals surface area contributed by atoms with Gasteiger partial charge in [-0.3, -0.25) is 19.5 Å². The van der Waals surface area contributed by atoms with E-state index in [0.29, 0.717) is 66.9 Å². The third-order valence-corrected chi connectivity index (χ3v) is 8.37. The van der Waals surface area contributed by atoms with E-state index in [4.69, 9.17) is 18.6 Å². The highest BCUT2D eigenvalue weighted by Gasteiger charge is 2.34. The molecule has 0 N–H and O–H groups in total. The molecule has 44 heavy (non-hydrogen) atoms. The molecule has 1 aliphatic rings. The zero-order valence-electron chi connectivity index (χ0n) is 24.3. The van der Waals surface area contributed by atoms with Crippen molar-refractivity contribution in [3.05, 3.63) is 105 Å². The van der Waals surface area contributed by atoms with Crippen molar-refractivity contribution >= 4 is 45.0 Å². The fourth-order valence-electron chi connectivity index (χ4n) is 4.87. The molecule has 228 valence electrons. The molecular formula is C31H28BrN3O8S. The van der Waals surface area contributed by atoms with Crippen LogP contribution in [-0.2, 0) is 9.53 Å². The Morgan fingerprint density at radius 1 is 1.09 bits per heavy atom. The number of ether oxygens (including phenoxy) is 3. The Balaban J connectivity index is 1.63. The molecule has 0 aliphatic carbocycles. The Bertz CT molecular complexity index is 1970. The quantitative estimate of drug-likeness (QED) is 0.121. The van der Waals surface area contributed by atoms with Crippen LogP contribution in [0.15, 0.2) is 78.5 Å². The number of nitro benzene ring substituents is 1. The van der Waals surface area contributed by atoms with E-state index in [1.165, 1.54) is 28.0 Å². The van der Waals surface area contributed by atoms with Crippen molar-refractivity contribution < 1.29 is 28.3 Å². The van der Waals surface area contributed by atoms with E-state index in [-0.39, 0.29) is 23.4 Å². The monoisotopic (exact) mass is 681 g/mol. The molecule has 2 aromatic carbocycles. The largest absolute Gasteiger partial charge is 0.490 e. The number of allylic oxidation sites excluding steroid dienone is 1. The number of nitrogens with zero attached hydrogens (tertiary/aromatic N) is 3. The molecule has 4 aromatic rings. The highest BCUT2D eigenvalue weighted by molar-refractivity contribution is 9.10. The number of furan rings is 1. The summed E-state index contributed by atoms with van der Waals surface area (Å²) in [6.07, 6.45) is 1.61. The molecule has 13 heteroatoms. The summed E-state index contributed by atoms with van der Waals surface area (Å²) in [6.45, 7) is 8.17. The molecule has 1 aliphatic heterocycles. The maximum Gasteiger partial charge on any atom is 0.338 e. The Labute approximate surface area is 264 Å². The summed E-state index contributed by atoms with van der Waals surface area (Å²) in [5.74, 6) is 1.34. The highest BCUT2D eigenvalue weighted by atomic mass is 79.9. The van der Waals surface area contributed by atoms with E-state index in [9.17, 15) is 19.7 Å². The summed E-state index contributed by atoms with van der Waals surface area (Å²) in [7, 11) is 0. The summed E-state index contributed by atoms with van der Waals surface area (Å²) in [5, 5.41) is 11.1. The molecule has 11 nitrogen and oxygen atoms in total. The van der Waals surface area contributed by atoms with E-state index >= 15 is 0 Å². The molecule has 0 fully saturated rings. The van der Waals surface area contributed by atoms with Crippen molar-refractivity contribution in [2.45, 2.75) is 33.7 Å². The number of carbonyl (C=O) groups is 1. The van der Waals surface area contributed by atoms with Crippen LogP contribution in [-0.4, -0.2) is 35.3 Å². The van der Waals surface area contributed by atoms with Crippen molar-refractivity contribution in [3.8, 4) is 22.8 Å². The van der Waals surface area contributed by atoms with Gasteiger partial charge < -0.3 is 18.6 Å². The second kappa shape index (κ2) is 13.0. The molecule has 0 unspecified atom stereocenters. The predicted molar refractivity (Wildman–Crippen MR) is 168 cm³/mol. The minimum Gasteiger partial charge on any atom is -0.490 e. The normalized spacial score (nSPS) is 14.7. The van der Waals surface area contributed by atoms with Crippen molar-refractivity contribution in [1.82, 2.24) is 4.57 Å². The third kappa shape index (κ3) is 5.97. The first kappa shape index (κ1) is 31.0. The molecule has 0 saturated heterocycles. The molecule has 2 aromatic heterocycles. The average molecular weight is 683 g/mol. The molecule has 3 heterocycles. The standard InChI is InChI=1S/C31H28BrN3O8S/c1-5-40-24-12-8-18(14-25(24)41-6-2)28-27(30(37)42-7-3)17(4)33-31-34(28)29(36)26(44-31)16-20-10-13-23(43-20)21-11-9-19(35(38)39)15-22(21)32/h8-16,28H,5-7H2,1-4H3/b26-16-/t28-/m1/s1. The van der Waals surface area contributed by atoms with Gasteiger partial charge in [0.15, 0.2) is 16.3 Å². The van der Waals surface area contributed by atoms with Crippen LogP contribution in [0.1, 0.15) is 45.1 Å². The SMILES string of the molecule is CCOC(=O)C1=C(C)N=c2s/c(=C\c3ccc(-c4ccc([N+](=O)[O-])cc4Br)o3)c(=O)n2[C@@H]1c1ccc(OCC)c(OCC)c1. The number of non-ortho nitro benzene ring substituents is 1. The fourth-order valence-corrected chi connectivity index (χ4v) is 6.46. The van der Waals surface area contributed by atoms with Gasteiger partial charge in [-0.2, -0.15) is 0 Å². The molecule has 0 spiro atoms. The number of thiazole rings is 1. The Kier molecular flexibility index (Phi) is 9.16. The van der Waals surface area contributed by atoms with Crippen LogP contribution in [0.2, 0.25) is 0 Å². The van der Waals surface area contributed by atoms with E-state index in [2.05, 4.69) is 20.9 Å². The first-order valence-corrected chi connectivity index (χ1v) is 15.4. The summed E-state index contributed by atoms with van der Waals surface area (Å²) in [5.41, 5.74) is 1.52. The van der Waals surface area contributed by atoms with Gasteiger partial charge in [-0.15, -0.1) is 0 Å². The molecule has 0 radical (unpaired) electrons. The van der Waals surface area contributed by atoms with Gasteiger partial charge in [0.1, 0.15) is 11.5 Å². The Hall–Kier alpha value is -4.49. The van der Waals surface area contributed by atoms with Gasteiger partial charge in [0.2, 0.25) is 0 Å². The molecule has 1 atom stereocenters. The van der Waals surface area contributed by atoms with E-state index in [0.717, 1.165) is 0 Å². The van der Waals surface area contributed by atoms with Crippen molar-refractivity contribution in [3.63, 3.8) is 0 Å². The zero-order valence-corrected chi connectivity index (χ0v) is 26.7. The topological polar surface area (TPSA) is 135 Å². The minimum atomic E-state index is -0.828. The molecule has 0 amide bonds. The van der Waals surface area contributed by atoms with Crippen LogP contribution in [0.3, 0.4) is 0 Å². The van der Waals surface area contributed by atoms with Crippen molar-refractivity contribution in [2.24, 2.45) is 4.99 Å². The number of halogens is 1. The fraction of sp³-hybridized carbons (Fsp3) is 0.258. The van der Waals surface area contributed by atoms with Crippen LogP contribution in [0.5, 0.6) is 11.5 Å². The second-order valence-electron chi connectivity index (χ2n) is 9.50. The summed E-state index contributed by atoms with van der Waals surface area (Å²) >= 11 is 4.54. The minimum absolute atomic E-state index is 0.0542. The number of hydrogen-bond donors (Lipinski definition) is 0. The van der Waals surface area contributed by atoms with Gasteiger partial charge in [-0.1, -0.05) is 17.4 Å². The lowest BCUT2D eigenvalue weighted by molar-refractivity contribution is -0.384. The van der Waals surface area contributed by atoms with Gasteiger partial charge in [0, 0.05) is 28.2 Å². The van der Waals surface area contributed by atoms with E-state index < -0.39 is 16.9 Å². The molecular weight excluding hydrogens is 654 g/mol. The average Bonchev–Trinajstić information content (AvgIpc) is 3.57. The van der Waals surface area contributed by atoms with Gasteiger partial charge in [0.25, 0.3) is 11.2 Å². The first-order valence-electron chi connectivity index (χ1n) is 13.8. The number of aromatic nitrogens is 1. The van der Waals surface area contributed by atoms with Crippen LogP contribution in [0, 0.1) is 10.1 Å². The lowest BCUT2D eigenvalue weighted by Crippen LogP contribution is -2.40. The number of rotatable bonds is 10. The van der Waals surface area contributed by atoms with Gasteiger partial charge >= 0.3 is 5.97 Å². The zero-order chi connectivity index (χ0) is 31.5. The van der Waals surface area contributed by atoms with Crippen molar-refractivity contribution in [2.75, 3.05) is 19.8 Å². The lowest BCUT2D eigenvalue weighted by atomic mass is 9.95. The number of fused-ring (bicyclic) bond motifs is 1. The number of carbonyl (C=O) groups excluding carboxylic acids is 1. The lowest BCUT2D eigenvalue weighted by Gasteiger charge is -2.25. The van der Waals surface area contributed by atoms with Gasteiger partial charge in [-0.05, 0) is 79.5 Å². The molecule has 5 rings (SSSR count). The summed E-state index contributed by atoms with van der Waals surface area (Å²) < 4.78 is 25.3. The van der Waals surface area contributed by atoms with E-state index in [1.54, 1.807) is 56.3 Å². The third-order valence-electron chi connectivity index (χ3n) is 6.73. The van der Waals surface area contributed by atoms with Crippen LogP contribution >= 0.6 is 27.3 Å².